The van der Waals surface area contributed by atoms with Crippen molar-refractivity contribution in [1.82, 2.24) is 14.6 Å². The molecule has 17 heteroatoms. The van der Waals surface area contributed by atoms with Gasteiger partial charge in [0.25, 0.3) is 11.5 Å². The molecule has 0 radical (unpaired) electrons. The second kappa shape index (κ2) is 18.5. The Morgan fingerprint density at radius 1 is 1.19 bits per heavy atom. The highest BCUT2D eigenvalue weighted by molar-refractivity contribution is 6.31. The maximum Gasteiger partial charge on any atom is 0.416 e. The van der Waals surface area contributed by atoms with Gasteiger partial charge in [-0.1, -0.05) is 43.2 Å². The van der Waals surface area contributed by atoms with Gasteiger partial charge in [0.15, 0.2) is 0 Å². The van der Waals surface area contributed by atoms with Gasteiger partial charge in [0.2, 0.25) is 12.4 Å². The summed E-state index contributed by atoms with van der Waals surface area (Å²) in [5, 5.41) is 7.17. The number of amides is 2. The van der Waals surface area contributed by atoms with E-state index in [0.29, 0.717) is 49.1 Å². The van der Waals surface area contributed by atoms with E-state index in [1.165, 1.54) is 11.0 Å². The fourth-order valence-electron chi connectivity index (χ4n) is 4.83. The number of aryl methyl sites for hydroxylation is 2. The van der Waals surface area contributed by atoms with E-state index in [9.17, 15) is 31.5 Å². The Morgan fingerprint density at radius 3 is 2.33 bits per heavy atom. The van der Waals surface area contributed by atoms with Crippen LogP contribution >= 0.6 is 11.6 Å². The standard InChI is InChI=1S/C22H32F2N6O3.C8H6ClF3.CH3NO/c1-4-8-22(23,24)20(32)29-11-9-28(10-12-29)18-17(5-2)27-21(30(25-3)19(18)31)26-15-16-6-13-33-14-7-16;1-5-2-3-6(4-7(5)9)8(10,11)12;2-1-3/h6H,3-5,7-15H2,1-2H3,(H,26,27);2-4H,1H3;1H,(H2,2,3). The van der Waals surface area contributed by atoms with Crippen LogP contribution in [0.2, 0.25) is 5.02 Å². The third-order valence-corrected chi connectivity index (χ3v) is 7.78. The number of nitrogens with one attached hydrogen (secondary N) is 1. The van der Waals surface area contributed by atoms with Gasteiger partial charge in [0, 0.05) is 50.9 Å². The molecule has 2 aromatic rings. The number of nitrogens with zero attached hydrogens (tertiary/aromatic N) is 5. The van der Waals surface area contributed by atoms with Crippen LogP contribution < -0.4 is 21.5 Å². The van der Waals surface area contributed by atoms with E-state index in [1.54, 1.807) is 18.7 Å². The van der Waals surface area contributed by atoms with Crippen molar-refractivity contribution in [3.63, 3.8) is 0 Å². The van der Waals surface area contributed by atoms with E-state index in [2.05, 4.69) is 27.9 Å². The molecule has 0 aliphatic carbocycles. The minimum atomic E-state index is -4.31. The Morgan fingerprint density at radius 2 is 1.83 bits per heavy atom. The molecule has 3 N–H and O–H groups in total. The molecule has 4 rings (SSSR count). The van der Waals surface area contributed by atoms with Crippen LogP contribution in [0.1, 0.15) is 49.9 Å². The van der Waals surface area contributed by atoms with E-state index < -0.39 is 30.0 Å². The molecule has 2 amide bonds. The lowest BCUT2D eigenvalue weighted by Gasteiger charge is -2.37. The first-order valence-electron chi connectivity index (χ1n) is 15.2. The number of hydrogen-bond acceptors (Lipinski definition) is 8. The topological polar surface area (TPSA) is 135 Å². The molecule has 1 fully saturated rings. The van der Waals surface area contributed by atoms with Crippen LogP contribution in [0, 0.1) is 6.92 Å². The van der Waals surface area contributed by atoms with Crippen molar-refractivity contribution in [2.45, 2.75) is 58.6 Å². The number of nitrogens with two attached hydrogens (primary N) is 1. The highest BCUT2D eigenvalue weighted by atomic mass is 35.5. The first-order chi connectivity index (χ1) is 22.6. The summed E-state index contributed by atoms with van der Waals surface area (Å²) >= 11 is 5.52. The molecule has 0 saturated carbocycles. The maximum absolute atomic E-state index is 14.0. The number of aromatic nitrogens is 2. The van der Waals surface area contributed by atoms with Gasteiger partial charge < -0.3 is 25.6 Å². The molecule has 1 aromatic heterocycles. The van der Waals surface area contributed by atoms with Crippen molar-refractivity contribution in [3.05, 3.63) is 62.0 Å². The normalized spacial score (nSPS) is 14.9. The fraction of sp³-hybridized carbons (Fsp3) is 0.516. The summed E-state index contributed by atoms with van der Waals surface area (Å²) in [6, 6.07) is 3.29. The number of carbonyl (C=O) groups excluding carboxylic acids is 2. The fourth-order valence-corrected chi connectivity index (χ4v) is 5.01. The van der Waals surface area contributed by atoms with E-state index in [1.807, 2.05) is 13.0 Å². The summed E-state index contributed by atoms with van der Waals surface area (Å²) < 4.78 is 70.7. The minimum absolute atomic E-state index is 0.110. The van der Waals surface area contributed by atoms with Crippen molar-refractivity contribution in [1.29, 1.82) is 0 Å². The molecule has 48 heavy (non-hydrogen) atoms. The van der Waals surface area contributed by atoms with E-state index >= 15 is 0 Å². The first-order valence-corrected chi connectivity index (χ1v) is 15.6. The number of carbonyl (C=O) groups is 2. The zero-order valence-electron chi connectivity index (χ0n) is 27.1. The van der Waals surface area contributed by atoms with Gasteiger partial charge in [-0.3, -0.25) is 14.4 Å². The number of piperazine rings is 1. The number of primary amides is 1. The van der Waals surface area contributed by atoms with E-state index in [4.69, 9.17) is 21.1 Å². The summed E-state index contributed by atoms with van der Waals surface area (Å²) in [6.07, 6.45) is -0.995. The molecule has 2 aliphatic heterocycles. The molecule has 0 bridgehead atoms. The molecule has 266 valence electrons. The molecule has 11 nitrogen and oxygen atoms in total. The highest BCUT2D eigenvalue weighted by Crippen LogP contribution is 2.32. The Hall–Kier alpha value is -4.05. The lowest BCUT2D eigenvalue weighted by atomic mass is 10.1. The van der Waals surface area contributed by atoms with Gasteiger partial charge in [0.05, 0.1) is 24.5 Å². The van der Waals surface area contributed by atoms with Gasteiger partial charge in [-0.05, 0) is 43.9 Å². The summed E-state index contributed by atoms with van der Waals surface area (Å²) in [5.41, 5.74) is 5.83. The van der Waals surface area contributed by atoms with Crippen LogP contribution in [-0.4, -0.2) is 85.5 Å². The van der Waals surface area contributed by atoms with E-state index in [0.717, 1.165) is 28.8 Å². The average molecular weight is 706 g/mol. The van der Waals surface area contributed by atoms with Gasteiger partial charge in [-0.25, -0.2) is 4.98 Å². The molecule has 2 aliphatic rings. The first kappa shape index (κ1) is 40.1. The van der Waals surface area contributed by atoms with Gasteiger partial charge in [-0.2, -0.15) is 31.7 Å². The predicted molar refractivity (Wildman–Crippen MR) is 175 cm³/mol. The molecular weight excluding hydrogens is 665 g/mol. The second-order valence-electron chi connectivity index (χ2n) is 10.7. The van der Waals surface area contributed by atoms with Gasteiger partial charge >= 0.3 is 12.1 Å². The molecule has 0 spiro atoms. The number of ether oxygens (including phenoxy) is 1. The molecule has 0 atom stereocenters. The smallest absolute Gasteiger partial charge is 0.377 e. The molecule has 3 heterocycles. The monoisotopic (exact) mass is 705 g/mol. The lowest BCUT2D eigenvalue weighted by molar-refractivity contribution is -0.158. The molecule has 1 aromatic carbocycles. The number of benzene rings is 1. The Labute approximate surface area is 280 Å². The van der Waals surface area contributed by atoms with Crippen molar-refractivity contribution in [2.75, 3.05) is 56.2 Å². The predicted octanol–water partition coefficient (Wildman–Crippen LogP) is 4.88. The number of hydrogen-bond donors (Lipinski definition) is 2. The van der Waals surface area contributed by atoms with Crippen molar-refractivity contribution in [3.8, 4) is 0 Å². The average Bonchev–Trinajstić information content (AvgIpc) is 3.05. The lowest BCUT2D eigenvalue weighted by Crippen LogP contribution is -2.54. The Kier molecular flexibility index (Phi) is 15.5. The zero-order valence-corrected chi connectivity index (χ0v) is 27.8. The SMILES string of the molecule is C=Nn1c(NCC2=CCOCC2)nc(CC)c(N2CCN(C(=O)C(F)(F)CCC)CC2)c1=O.Cc1ccc(C(F)(F)F)cc1Cl.NC=O. The highest BCUT2D eigenvalue weighted by Gasteiger charge is 2.42. The van der Waals surface area contributed by atoms with Crippen molar-refractivity contribution < 1.29 is 36.3 Å². The largest absolute Gasteiger partial charge is 0.416 e. The summed E-state index contributed by atoms with van der Waals surface area (Å²) in [5.74, 6) is -4.21. The van der Waals surface area contributed by atoms with E-state index in [-0.39, 0.29) is 49.6 Å². The quantitative estimate of drug-likeness (QED) is 0.164. The Balaban J connectivity index is 0.000000443. The van der Waals surface area contributed by atoms with Crippen LogP contribution in [0.5, 0.6) is 0 Å². The maximum atomic E-state index is 14.0. The van der Waals surface area contributed by atoms with Crippen LogP contribution in [0.25, 0.3) is 0 Å². The number of anilines is 2. The second-order valence-corrected chi connectivity index (χ2v) is 11.1. The summed E-state index contributed by atoms with van der Waals surface area (Å²) in [4.78, 5) is 41.7. The summed E-state index contributed by atoms with van der Waals surface area (Å²) in [7, 11) is 0. The van der Waals surface area contributed by atoms with Crippen LogP contribution in [0.4, 0.5) is 33.6 Å². The van der Waals surface area contributed by atoms with Crippen LogP contribution in [-0.2, 0) is 26.9 Å². The zero-order chi connectivity index (χ0) is 36.1. The van der Waals surface area contributed by atoms with Crippen LogP contribution in [0.3, 0.4) is 0 Å². The minimum Gasteiger partial charge on any atom is -0.377 e. The third-order valence-electron chi connectivity index (χ3n) is 7.38. The van der Waals surface area contributed by atoms with Gasteiger partial charge in [-0.15, -0.1) is 0 Å². The van der Waals surface area contributed by atoms with Crippen molar-refractivity contribution >= 4 is 42.3 Å². The number of halogens is 6. The third kappa shape index (κ3) is 11.0. The summed E-state index contributed by atoms with van der Waals surface area (Å²) in [6.45, 7) is 11.2. The van der Waals surface area contributed by atoms with Crippen molar-refractivity contribution in [2.24, 2.45) is 10.8 Å². The Bertz CT molecular complexity index is 1490. The number of alkyl halides is 5. The van der Waals surface area contributed by atoms with Gasteiger partial charge in [0.1, 0.15) is 5.69 Å². The number of rotatable bonds is 9. The van der Waals surface area contributed by atoms with Crippen LogP contribution in [0.15, 0.2) is 39.7 Å². The molecule has 1 saturated heterocycles. The molecular formula is C31H41ClF5N7O4. The molecule has 0 unspecified atom stereocenters.